The van der Waals surface area contributed by atoms with Gasteiger partial charge in [-0.15, -0.1) is 0 Å². The fourth-order valence-electron chi connectivity index (χ4n) is 1.62. The zero-order valence-electron chi connectivity index (χ0n) is 10.6. The molecule has 0 unspecified atom stereocenters. The van der Waals surface area contributed by atoms with Crippen molar-refractivity contribution in [3.8, 4) is 0 Å². The molecule has 4 N–H and O–H groups in total. The van der Waals surface area contributed by atoms with E-state index in [-0.39, 0.29) is 11.6 Å². The number of aryl methyl sites for hydroxylation is 2. The topological polar surface area (TPSA) is 114 Å². The van der Waals surface area contributed by atoms with Crippen molar-refractivity contribution in [1.29, 1.82) is 0 Å². The van der Waals surface area contributed by atoms with Gasteiger partial charge >= 0.3 is 0 Å². The molecule has 0 fully saturated rings. The van der Waals surface area contributed by atoms with E-state index in [1.807, 2.05) is 6.92 Å². The second-order valence-corrected chi connectivity index (χ2v) is 5.73. The Labute approximate surface area is 111 Å². The smallest absolute Gasteiger partial charge is 0.281 e. The van der Waals surface area contributed by atoms with E-state index in [9.17, 15) is 8.42 Å². The highest BCUT2D eigenvalue weighted by Crippen LogP contribution is 2.19. The van der Waals surface area contributed by atoms with E-state index in [2.05, 4.69) is 19.9 Å². The Hall–Kier alpha value is -1.93. The Morgan fingerprint density at radius 3 is 2.68 bits per heavy atom. The number of aromatic nitrogens is 3. The fraction of sp³-hybridized carbons (Fsp3) is 0.273. The molecular weight excluding hydrogens is 266 g/mol. The first-order valence-electron chi connectivity index (χ1n) is 5.63. The van der Waals surface area contributed by atoms with E-state index in [1.165, 1.54) is 6.20 Å². The zero-order chi connectivity index (χ0) is 14.0. The maximum Gasteiger partial charge on any atom is 0.281 e. The van der Waals surface area contributed by atoms with Crippen molar-refractivity contribution in [1.82, 2.24) is 15.2 Å². The molecule has 2 rings (SSSR count). The third-order valence-electron chi connectivity index (χ3n) is 2.66. The normalized spacial score (nSPS) is 11.5. The minimum Gasteiger partial charge on any atom is -0.326 e. The van der Waals surface area contributed by atoms with Crippen LogP contribution >= 0.6 is 0 Å². The predicted molar refractivity (Wildman–Crippen MR) is 71.0 cm³/mol. The van der Waals surface area contributed by atoms with Crippen LogP contribution in [0.5, 0.6) is 0 Å². The summed E-state index contributed by atoms with van der Waals surface area (Å²) in [6.45, 7) is 3.65. The fourth-order valence-corrected chi connectivity index (χ4v) is 2.88. The average Bonchev–Trinajstić information content (AvgIpc) is 2.74. The van der Waals surface area contributed by atoms with Gasteiger partial charge in [0, 0.05) is 23.5 Å². The van der Waals surface area contributed by atoms with Gasteiger partial charge in [-0.05, 0) is 26.0 Å². The van der Waals surface area contributed by atoms with Gasteiger partial charge in [0.15, 0.2) is 0 Å². The van der Waals surface area contributed by atoms with Gasteiger partial charge in [-0.1, -0.05) is 0 Å². The van der Waals surface area contributed by atoms with Crippen LogP contribution in [0, 0.1) is 13.8 Å². The molecule has 0 spiro atoms. The molecule has 0 aliphatic heterocycles. The van der Waals surface area contributed by atoms with Crippen molar-refractivity contribution in [3.63, 3.8) is 0 Å². The van der Waals surface area contributed by atoms with Crippen LogP contribution in [0.1, 0.15) is 17.0 Å². The van der Waals surface area contributed by atoms with Crippen molar-refractivity contribution in [2.45, 2.75) is 25.4 Å². The second-order valence-electron chi connectivity index (χ2n) is 4.13. The van der Waals surface area contributed by atoms with E-state index in [1.54, 1.807) is 19.1 Å². The van der Waals surface area contributed by atoms with Crippen LogP contribution in [0.25, 0.3) is 0 Å². The third kappa shape index (κ3) is 2.74. The van der Waals surface area contributed by atoms with Gasteiger partial charge in [-0.25, -0.2) is 0 Å². The number of nitrogens with zero attached hydrogens (tertiary/aromatic N) is 2. The monoisotopic (exact) mass is 281 g/mol. The van der Waals surface area contributed by atoms with E-state index in [0.29, 0.717) is 16.9 Å². The Balaban J connectivity index is 2.35. The molecule has 2 heterocycles. The summed E-state index contributed by atoms with van der Waals surface area (Å²) in [4.78, 5) is 4.02. The molecule has 0 aliphatic carbocycles. The molecule has 0 aliphatic rings. The summed E-state index contributed by atoms with van der Waals surface area (Å²) in [6, 6.07) is 3.36. The number of pyridine rings is 1. The van der Waals surface area contributed by atoms with Gasteiger partial charge < -0.3 is 5.73 Å². The van der Waals surface area contributed by atoms with Crippen LogP contribution in [0.4, 0.5) is 5.69 Å². The van der Waals surface area contributed by atoms with E-state index in [0.717, 1.165) is 5.69 Å². The lowest BCUT2D eigenvalue weighted by Gasteiger charge is -2.07. The number of anilines is 1. The highest BCUT2D eigenvalue weighted by Gasteiger charge is 2.23. The predicted octanol–water partition coefficient (Wildman–Crippen LogP) is 0.681. The quantitative estimate of drug-likeness (QED) is 0.762. The molecule has 0 amide bonds. The Bertz CT molecular complexity index is 676. The molecule has 7 nitrogen and oxygen atoms in total. The van der Waals surface area contributed by atoms with Gasteiger partial charge in [0.2, 0.25) is 5.03 Å². The number of aromatic amines is 1. The van der Waals surface area contributed by atoms with Crippen LogP contribution in [-0.2, 0) is 16.6 Å². The average molecular weight is 281 g/mol. The number of nitrogens with two attached hydrogens (primary N) is 1. The highest BCUT2D eigenvalue weighted by molar-refractivity contribution is 7.92. The van der Waals surface area contributed by atoms with Gasteiger partial charge in [-0.3, -0.25) is 14.8 Å². The van der Waals surface area contributed by atoms with Crippen molar-refractivity contribution in [3.05, 3.63) is 35.3 Å². The Kier molecular flexibility index (Phi) is 3.54. The van der Waals surface area contributed by atoms with Gasteiger partial charge in [0.25, 0.3) is 10.0 Å². The first-order chi connectivity index (χ1) is 8.94. The molecule has 8 heteroatoms. The SMILES string of the molecule is Cc1ccc(NS(=O)(=O)c2n[nH]c(C)c2CN)cn1. The molecule has 19 heavy (non-hydrogen) atoms. The van der Waals surface area contributed by atoms with Crippen LogP contribution < -0.4 is 10.5 Å². The number of rotatable bonds is 4. The molecule has 0 bridgehead atoms. The molecule has 2 aromatic heterocycles. The second kappa shape index (κ2) is 4.98. The lowest BCUT2D eigenvalue weighted by molar-refractivity contribution is 0.596. The summed E-state index contributed by atoms with van der Waals surface area (Å²) in [6.07, 6.45) is 1.45. The minimum atomic E-state index is -3.76. The largest absolute Gasteiger partial charge is 0.326 e. The van der Waals surface area contributed by atoms with E-state index in [4.69, 9.17) is 5.73 Å². The summed E-state index contributed by atoms with van der Waals surface area (Å²) >= 11 is 0. The lowest BCUT2D eigenvalue weighted by Crippen LogP contribution is -2.16. The number of nitrogens with one attached hydrogen (secondary N) is 2. The molecular formula is C11H15N5O2S. The first-order valence-corrected chi connectivity index (χ1v) is 7.11. The van der Waals surface area contributed by atoms with E-state index < -0.39 is 10.0 Å². The first kappa shape index (κ1) is 13.5. The van der Waals surface area contributed by atoms with Crippen LogP contribution in [0.2, 0.25) is 0 Å². The number of sulfonamides is 1. The molecule has 0 saturated heterocycles. The highest BCUT2D eigenvalue weighted by atomic mass is 32.2. The minimum absolute atomic E-state index is 0.0759. The third-order valence-corrected chi connectivity index (χ3v) is 4.01. The maximum absolute atomic E-state index is 12.2. The lowest BCUT2D eigenvalue weighted by atomic mass is 10.3. The van der Waals surface area contributed by atoms with Crippen molar-refractivity contribution in [2.24, 2.45) is 5.73 Å². The van der Waals surface area contributed by atoms with Crippen LogP contribution in [0.15, 0.2) is 23.4 Å². The van der Waals surface area contributed by atoms with Crippen molar-refractivity contribution < 1.29 is 8.42 Å². The maximum atomic E-state index is 12.2. The standard InChI is InChI=1S/C11H15N5O2S/c1-7-3-4-9(6-13-7)16-19(17,18)11-10(5-12)8(2)14-15-11/h3-4,6,16H,5,12H2,1-2H3,(H,14,15). The molecule has 102 valence electrons. The summed E-state index contributed by atoms with van der Waals surface area (Å²) in [5, 5.41) is 6.34. The molecule has 0 atom stereocenters. The Morgan fingerprint density at radius 2 is 2.11 bits per heavy atom. The van der Waals surface area contributed by atoms with Gasteiger partial charge in [-0.2, -0.15) is 13.5 Å². The Morgan fingerprint density at radius 1 is 1.37 bits per heavy atom. The van der Waals surface area contributed by atoms with Crippen LogP contribution in [-0.4, -0.2) is 23.6 Å². The van der Waals surface area contributed by atoms with Gasteiger partial charge in [0.05, 0.1) is 11.9 Å². The van der Waals surface area contributed by atoms with Crippen LogP contribution in [0.3, 0.4) is 0 Å². The molecule has 0 radical (unpaired) electrons. The summed E-state index contributed by atoms with van der Waals surface area (Å²) in [7, 11) is -3.76. The zero-order valence-corrected chi connectivity index (χ0v) is 11.5. The number of hydrogen-bond donors (Lipinski definition) is 3. The van der Waals surface area contributed by atoms with E-state index >= 15 is 0 Å². The number of H-pyrrole nitrogens is 1. The molecule has 0 aromatic carbocycles. The molecule has 2 aromatic rings. The van der Waals surface area contributed by atoms with Crippen molar-refractivity contribution >= 4 is 15.7 Å². The summed E-state index contributed by atoms with van der Waals surface area (Å²) in [5.41, 5.74) is 7.85. The number of hydrogen-bond acceptors (Lipinski definition) is 5. The van der Waals surface area contributed by atoms with Gasteiger partial charge in [0.1, 0.15) is 0 Å². The summed E-state index contributed by atoms with van der Waals surface area (Å²) < 4.78 is 26.8. The summed E-state index contributed by atoms with van der Waals surface area (Å²) in [5.74, 6) is 0. The van der Waals surface area contributed by atoms with Crippen molar-refractivity contribution in [2.75, 3.05) is 4.72 Å². The molecule has 0 saturated carbocycles.